The number of unbranched alkanes of at least 4 members (excludes halogenated alkanes) is 1. The van der Waals surface area contributed by atoms with Gasteiger partial charge in [-0.2, -0.15) is 0 Å². The summed E-state index contributed by atoms with van der Waals surface area (Å²) in [5.41, 5.74) is 4.99. The first-order chi connectivity index (χ1) is 14.5. The van der Waals surface area contributed by atoms with Gasteiger partial charge in [0.1, 0.15) is 5.82 Å². The van der Waals surface area contributed by atoms with Gasteiger partial charge in [0.25, 0.3) is 0 Å². The summed E-state index contributed by atoms with van der Waals surface area (Å²) >= 11 is 0. The summed E-state index contributed by atoms with van der Waals surface area (Å²) in [7, 11) is 0. The van der Waals surface area contributed by atoms with Crippen molar-refractivity contribution in [1.82, 2.24) is 9.47 Å². The van der Waals surface area contributed by atoms with Crippen LogP contribution < -0.4 is 5.32 Å². The van der Waals surface area contributed by atoms with Crippen molar-refractivity contribution in [2.24, 2.45) is 0 Å². The summed E-state index contributed by atoms with van der Waals surface area (Å²) in [5, 5.41) is 3.08. The third-order valence-corrected chi connectivity index (χ3v) is 5.43. The maximum atomic E-state index is 13.5. The van der Waals surface area contributed by atoms with Gasteiger partial charge in [0, 0.05) is 30.7 Å². The topological polar surface area (TPSA) is 37.3 Å². The number of aryl methyl sites for hydroxylation is 1. The molecule has 30 heavy (non-hydrogen) atoms. The van der Waals surface area contributed by atoms with Gasteiger partial charge in [-0.15, -0.1) is 0 Å². The third kappa shape index (κ3) is 5.50. The van der Waals surface area contributed by atoms with Crippen LogP contribution in [-0.2, 0) is 13.1 Å². The first-order valence-corrected chi connectivity index (χ1v) is 10.5. The van der Waals surface area contributed by atoms with Crippen LogP contribution in [0.4, 0.5) is 14.9 Å². The molecule has 1 aromatic heterocycles. The third-order valence-electron chi connectivity index (χ3n) is 5.43. The van der Waals surface area contributed by atoms with Crippen LogP contribution in [0.25, 0.3) is 0 Å². The van der Waals surface area contributed by atoms with Crippen LogP contribution in [-0.4, -0.2) is 22.0 Å². The molecule has 0 aliphatic carbocycles. The van der Waals surface area contributed by atoms with Gasteiger partial charge in [0.15, 0.2) is 0 Å². The second-order valence-corrected chi connectivity index (χ2v) is 7.71. The molecule has 2 aromatic carbocycles. The fourth-order valence-electron chi connectivity index (χ4n) is 3.46. The van der Waals surface area contributed by atoms with Gasteiger partial charge in [0.05, 0.1) is 6.54 Å². The van der Waals surface area contributed by atoms with Gasteiger partial charge < -0.3 is 14.8 Å². The number of anilines is 1. The van der Waals surface area contributed by atoms with Crippen molar-refractivity contribution in [3.63, 3.8) is 0 Å². The van der Waals surface area contributed by atoms with Crippen LogP contribution in [0.1, 0.15) is 42.1 Å². The van der Waals surface area contributed by atoms with Gasteiger partial charge in [-0.3, -0.25) is 0 Å². The van der Waals surface area contributed by atoms with Crippen LogP contribution in [0.2, 0.25) is 0 Å². The van der Waals surface area contributed by atoms with Crippen LogP contribution in [0, 0.1) is 19.7 Å². The average Bonchev–Trinajstić information content (AvgIpc) is 3.15. The van der Waals surface area contributed by atoms with Crippen molar-refractivity contribution in [1.29, 1.82) is 0 Å². The Labute approximate surface area is 178 Å². The predicted octanol–water partition coefficient (Wildman–Crippen LogP) is 6.13. The molecule has 0 radical (unpaired) electrons. The normalized spacial score (nSPS) is 10.8. The van der Waals surface area contributed by atoms with Crippen molar-refractivity contribution >= 4 is 11.7 Å². The Hall–Kier alpha value is -3.08. The van der Waals surface area contributed by atoms with Crippen molar-refractivity contribution < 1.29 is 9.18 Å². The second kappa shape index (κ2) is 10.1. The number of nitrogens with one attached hydrogen (secondary N) is 1. The van der Waals surface area contributed by atoms with Crippen LogP contribution in [0.5, 0.6) is 0 Å². The van der Waals surface area contributed by atoms with Gasteiger partial charge in [-0.05, 0) is 67.3 Å². The molecule has 158 valence electrons. The minimum atomic E-state index is -0.237. The number of carbonyl (C=O) groups excluding carboxylic acids is 1. The Morgan fingerprint density at radius 1 is 1.10 bits per heavy atom. The summed E-state index contributed by atoms with van der Waals surface area (Å²) in [4.78, 5) is 14.9. The fourth-order valence-corrected chi connectivity index (χ4v) is 3.46. The van der Waals surface area contributed by atoms with E-state index in [0.29, 0.717) is 19.6 Å². The minimum Gasteiger partial charge on any atom is -0.345 e. The van der Waals surface area contributed by atoms with E-state index in [9.17, 15) is 9.18 Å². The van der Waals surface area contributed by atoms with Gasteiger partial charge in [-0.1, -0.05) is 37.6 Å². The number of benzene rings is 2. The van der Waals surface area contributed by atoms with Crippen molar-refractivity contribution in [2.45, 2.75) is 46.7 Å². The molecule has 0 fully saturated rings. The highest BCUT2D eigenvalue weighted by atomic mass is 19.1. The number of hydrogen-bond donors (Lipinski definition) is 1. The average molecular weight is 408 g/mol. The van der Waals surface area contributed by atoms with Crippen LogP contribution in [0.3, 0.4) is 0 Å². The quantitative estimate of drug-likeness (QED) is 0.479. The molecule has 0 bridgehead atoms. The maximum absolute atomic E-state index is 13.5. The number of aromatic nitrogens is 1. The Morgan fingerprint density at radius 2 is 1.90 bits per heavy atom. The number of rotatable bonds is 8. The molecule has 0 saturated heterocycles. The van der Waals surface area contributed by atoms with Gasteiger partial charge >= 0.3 is 6.03 Å². The number of carbonyl (C=O) groups is 1. The Bertz CT molecular complexity index is 996. The molecule has 0 aliphatic rings. The fraction of sp³-hybridized carbons (Fsp3) is 0.320. The van der Waals surface area contributed by atoms with E-state index < -0.39 is 0 Å². The largest absolute Gasteiger partial charge is 0.345 e. The molecule has 0 atom stereocenters. The van der Waals surface area contributed by atoms with Crippen molar-refractivity contribution in [3.05, 3.63) is 89.0 Å². The number of hydrogen-bond acceptors (Lipinski definition) is 1. The number of urea groups is 1. The smallest absolute Gasteiger partial charge is 0.322 e. The maximum Gasteiger partial charge on any atom is 0.322 e. The zero-order valence-electron chi connectivity index (χ0n) is 18.0. The number of nitrogens with zero attached hydrogens (tertiary/aromatic N) is 2. The molecular weight excluding hydrogens is 377 g/mol. The Kier molecular flexibility index (Phi) is 7.28. The molecule has 3 rings (SSSR count). The molecule has 1 N–H and O–H groups in total. The predicted molar refractivity (Wildman–Crippen MR) is 120 cm³/mol. The van der Waals surface area contributed by atoms with Gasteiger partial charge in [-0.25, -0.2) is 9.18 Å². The molecule has 0 unspecified atom stereocenters. The van der Waals surface area contributed by atoms with Gasteiger partial charge in [0.2, 0.25) is 0 Å². The summed E-state index contributed by atoms with van der Waals surface area (Å²) < 4.78 is 15.6. The first-order valence-electron chi connectivity index (χ1n) is 10.5. The van der Waals surface area contributed by atoms with Crippen LogP contribution in [0.15, 0.2) is 60.8 Å². The summed E-state index contributed by atoms with van der Waals surface area (Å²) in [6.45, 7) is 7.93. The molecule has 2 amide bonds. The Balaban J connectivity index is 1.76. The standard InChI is InChI=1S/C25H30FN3O/c1-4-5-14-29(25(30)27-24-13-6-9-19(2)20(24)3)18-23-12-8-15-28(23)17-21-10-7-11-22(26)16-21/h6-13,15-16H,4-5,14,17-18H2,1-3H3,(H,27,30). The summed E-state index contributed by atoms with van der Waals surface area (Å²) in [5.74, 6) is -0.237. The highest BCUT2D eigenvalue weighted by Gasteiger charge is 2.17. The summed E-state index contributed by atoms with van der Waals surface area (Å²) in [6, 6.07) is 16.4. The SMILES string of the molecule is CCCCN(Cc1cccn1Cc1cccc(F)c1)C(=O)Nc1cccc(C)c1C. The molecular formula is C25H30FN3O. The molecule has 5 heteroatoms. The highest BCUT2D eigenvalue weighted by Crippen LogP contribution is 2.19. The molecule has 0 aliphatic heterocycles. The zero-order chi connectivity index (χ0) is 21.5. The van der Waals surface area contributed by atoms with E-state index >= 15 is 0 Å². The molecule has 3 aromatic rings. The van der Waals surface area contributed by atoms with E-state index in [4.69, 9.17) is 0 Å². The second-order valence-electron chi connectivity index (χ2n) is 7.71. The molecule has 4 nitrogen and oxygen atoms in total. The van der Waals surface area contributed by atoms with E-state index in [2.05, 4.69) is 16.8 Å². The molecule has 1 heterocycles. The molecule has 0 spiro atoms. The molecule has 0 saturated carbocycles. The van der Waals surface area contributed by atoms with E-state index in [1.165, 1.54) is 6.07 Å². The lowest BCUT2D eigenvalue weighted by atomic mass is 10.1. The monoisotopic (exact) mass is 407 g/mol. The van der Waals surface area contributed by atoms with Crippen molar-refractivity contribution in [2.75, 3.05) is 11.9 Å². The Morgan fingerprint density at radius 3 is 2.67 bits per heavy atom. The van der Waals surface area contributed by atoms with Crippen LogP contribution >= 0.6 is 0 Å². The van der Waals surface area contributed by atoms with Crippen molar-refractivity contribution in [3.8, 4) is 0 Å². The number of amides is 2. The lowest BCUT2D eigenvalue weighted by Crippen LogP contribution is -2.36. The lowest BCUT2D eigenvalue weighted by molar-refractivity contribution is 0.207. The number of halogens is 1. The summed E-state index contributed by atoms with van der Waals surface area (Å²) in [6.07, 6.45) is 3.92. The minimum absolute atomic E-state index is 0.101. The first kappa shape index (κ1) is 21.6. The van der Waals surface area contributed by atoms with E-state index in [-0.39, 0.29) is 11.8 Å². The van der Waals surface area contributed by atoms with E-state index in [0.717, 1.165) is 40.9 Å². The van der Waals surface area contributed by atoms with E-state index in [1.807, 2.05) is 61.3 Å². The van der Waals surface area contributed by atoms with E-state index in [1.54, 1.807) is 12.1 Å². The highest BCUT2D eigenvalue weighted by molar-refractivity contribution is 5.90. The lowest BCUT2D eigenvalue weighted by Gasteiger charge is -2.24. The zero-order valence-corrected chi connectivity index (χ0v) is 18.0.